The Morgan fingerprint density at radius 2 is 1.90 bits per heavy atom. The van der Waals surface area contributed by atoms with Crippen molar-refractivity contribution in [3.05, 3.63) is 50.3 Å². The molecule has 1 amide bonds. The Morgan fingerprint density at radius 3 is 2.57 bits per heavy atom. The van der Waals surface area contributed by atoms with Gasteiger partial charge in [-0.25, -0.2) is 0 Å². The van der Waals surface area contributed by atoms with E-state index >= 15 is 0 Å². The molecule has 2 heterocycles. The molecule has 3 rings (SSSR count). The summed E-state index contributed by atoms with van der Waals surface area (Å²) < 4.78 is 1.03. The third-order valence-electron chi connectivity index (χ3n) is 3.68. The summed E-state index contributed by atoms with van der Waals surface area (Å²) in [5.74, 6) is -0.0513. The summed E-state index contributed by atoms with van der Waals surface area (Å²) in [5.41, 5.74) is 4.16. The first-order valence-electron chi connectivity index (χ1n) is 6.72. The van der Waals surface area contributed by atoms with E-state index in [0.29, 0.717) is 0 Å². The molecule has 0 fully saturated rings. The summed E-state index contributed by atoms with van der Waals surface area (Å²) in [7, 11) is 0. The highest BCUT2D eigenvalue weighted by Crippen LogP contribution is 2.36. The average Bonchev–Trinajstić information content (AvgIpc) is 2.64. The second-order valence-electron chi connectivity index (χ2n) is 5.14. The molecule has 1 atom stereocenters. The fourth-order valence-electron chi connectivity index (χ4n) is 2.36. The van der Waals surface area contributed by atoms with E-state index in [-0.39, 0.29) is 11.9 Å². The van der Waals surface area contributed by atoms with Gasteiger partial charge in [0, 0.05) is 20.5 Å². The number of amides is 1. The number of carbonyl (C=O) groups is 1. The van der Waals surface area contributed by atoms with Gasteiger partial charge in [0.25, 0.3) is 0 Å². The molecule has 1 unspecified atom stereocenters. The summed E-state index contributed by atoms with van der Waals surface area (Å²) in [4.78, 5) is 18.0. The van der Waals surface area contributed by atoms with E-state index in [1.165, 1.54) is 10.4 Å². The maximum atomic E-state index is 12.1. The lowest BCUT2D eigenvalue weighted by atomic mass is 10.00. The summed E-state index contributed by atoms with van der Waals surface area (Å²) >= 11 is 5.07. The number of hydrogen-bond acceptors (Lipinski definition) is 3. The molecule has 0 saturated heterocycles. The van der Waals surface area contributed by atoms with Crippen LogP contribution < -0.4 is 5.32 Å². The molecule has 108 valence electrons. The van der Waals surface area contributed by atoms with Crippen LogP contribution in [0.1, 0.15) is 28.5 Å². The van der Waals surface area contributed by atoms with Crippen LogP contribution in [-0.2, 0) is 4.79 Å². The van der Waals surface area contributed by atoms with Gasteiger partial charge in [-0.05, 0) is 38.5 Å². The van der Waals surface area contributed by atoms with Crippen LogP contribution in [0.15, 0.2) is 33.7 Å². The maximum absolute atomic E-state index is 12.1. The van der Waals surface area contributed by atoms with E-state index in [1.54, 1.807) is 11.3 Å². The Morgan fingerprint density at radius 1 is 1.24 bits per heavy atom. The van der Waals surface area contributed by atoms with E-state index in [4.69, 9.17) is 0 Å². The summed E-state index contributed by atoms with van der Waals surface area (Å²) in [5, 5.41) is 3.90. The Labute approximate surface area is 136 Å². The van der Waals surface area contributed by atoms with Gasteiger partial charge in [0.2, 0.25) is 5.91 Å². The topological polar surface area (TPSA) is 41.5 Å². The monoisotopic (exact) mass is 362 g/mol. The number of nitrogens with one attached hydrogen (secondary N) is 1. The minimum atomic E-state index is -0.386. The second-order valence-corrected chi connectivity index (χ2v) is 7.28. The van der Waals surface area contributed by atoms with Gasteiger partial charge in [0.15, 0.2) is 0 Å². The zero-order chi connectivity index (χ0) is 15.1. The van der Waals surface area contributed by atoms with Crippen LogP contribution in [0.2, 0.25) is 0 Å². The largest absolute Gasteiger partial charge is 0.315 e. The van der Waals surface area contributed by atoms with Gasteiger partial charge in [0.1, 0.15) is 11.0 Å². The molecule has 0 spiro atoms. The number of fused-ring (bicyclic) bond motifs is 1. The van der Waals surface area contributed by atoms with Crippen LogP contribution in [-0.4, -0.2) is 17.7 Å². The predicted molar refractivity (Wildman–Crippen MR) is 91.7 cm³/mol. The number of halogens is 1. The van der Waals surface area contributed by atoms with Crippen LogP contribution in [0.5, 0.6) is 0 Å². The summed E-state index contributed by atoms with van der Waals surface area (Å²) in [6.45, 7) is 5.98. The Hall–Kier alpha value is -1.46. The molecule has 1 aromatic heterocycles. The molecule has 1 aromatic carbocycles. The smallest absolute Gasteiger partial charge is 0.249 e. The number of rotatable bonds is 1. The van der Waals surface area contributed by atoms with Crippen LogP contribution in [0.3, 0.4) is 0 Å². The van der Waals surface area contributed by atoms with E-state index in [1.807, 2.05) is 31.2 Å². The molecule has 0 aliphatic carbocycles. The molecule has 0 saturated carbocycles. The minimum Gasteiger partial charge on any atom is -0.315 e. The van der Waals surface area contributed by atoms with Crippen LogP contribution >= 0.6 is 27.3 Å². The number of aryl methyl sites for hydroxylation is 1. The van der Waals surface area contributed by atoms with Gasteiger partial charge in [-0.3, -0.25) is 9.79 Å². The number of thiophene rings is 1. The van der Waals surface area contributed by atoms with Crippen molar-refractivity contribution in [2.75, 3.05) is 5.32 Å². The normalized spacial score (nSPS) is 17.8. The zero-order valence-corrected chi connectivity index (χ0v) is 14.4. The quantitative estimate of drug-likeness (QED) is 0.806. The Bertz CT molecular complexity index is 746. The number of benzene rings is 1. The minimum absolute atomic E-state index is 0.0513. The van der Waals surface area contributed by atoms with Crippen LogP contribution in [0, 0.1) is 13.8 Å². The average molecular weight is 363 g/mol. The van der Waals surface area contributed by atoms with Crippen molar-refractivity contribution in [1.29, 1.82) is 0 Å². The molecule has 3 nitrogen and oxygen atoms in total. The number of aliphatic imine (C=N–C) groups is 1. The zero-order valence-electron chi connectivity index (χ0n) is 12.0. The molecule has 1 N–H and O–H groups in total. The lowest BCUT2D eigenvalue weighted by Crippen LogP contribution is -2.21. The number of carbonyl (C=O) groups excluding carboxylic acids is 1. The first-order chi connectivity index (χ1) is 9.97. The van der Waals surface area contributed by atoms with Crippen molar-refractivity contribution >= 4 is 43.9 Å². The first kappa shape index (κ1) is 14.5. The fraction of sp³-hybridized carbons (Fsp3) is 0.250. The van der Waals surface area contributed by atoms with Crippen molar-refractivity contribution in [2.24, 2.45) is 4.99 Å². The summed E-state index contributed by atoms with van der Waals surface area (Å²) in [6.07, 6.45) is 0. The lowest BCUT2D eigenvalue weighted by molar-refractivity contribution is -0.116. The standard InChI is InChI=1S/C16H15BrN2OS/c1-8-10(3)21-16-13(8)14(18-9(2)15(20)19-16)11-4-6-12(17)7-5-11/h4-7,9H,1-3H3,(H,19,20). The van der Waals surface area contributed by atoms with Crippen molar-refractivity contribution in [3.63, 3.8) is 0 Å². The molecule has 21 heavy (non-hydrogen) atoms. The molecule has 0 radical (unpaired) electrons. The Balaban J connectivity index is 2.24. The van der Waals surface area contributed by atoms with Gasteiger partial charge in [0.05, 0.1) is 5.71 Å². The van der Waals surface area contributed by atoms with Gasteiger partial charge >= 0.3 is 0 Å². The van der Waals surface area contributed by atoms with Gasteiger partial charge in [-0.1, -0.05) is 28.1 Å². The third-order valence-corrected chi connectivity index (χ3v) is 5.33. The molecule has 0 bridgehead atoms. The highest BCUT2D eigenvalue weighted by Gasteiger charge is 2.26. The van der Waals surface area contributed by atoms with Gasteiger partial charge in [-0.2, -0.15) is 0 Å². The lowest BCUT2D eigenvalue weighted by Gasteiger charge is -2.08. The molecule has 2 aromatic rings. The first-order valence-corrected chi connectivity index (χ1v) is 8.33. The van der Waals surface area contributed by atoms with Crippen molar-refractivity contribution in [3.8, 4) is 0 Å². The highest BCUT2D eigenvalue weighted by atomic mass is 79.9. The van der Waals surface area contributed by atoms with Gasteiger partial charge in [-0.15, -0.1) is 11.3 Å². The maximum Gasteiger partial charge on any atom is 0.249 e. The molecule has 5 heteroatoms. The van der Waals surface area contributed by atoms with Crippen LogP contribution in [0.25, 0.3) is 0 Å². The SMILES string of the molecule is Cc1sc2c(c1C)C(c1ccc(Br)cc1)=NC(C)C(=O)N2. The molecule has 1 aliphatic heterocycles. The van der Waals surface area contributed by atoms with E-state index in [9.17, 15) is 4.79 Å². The Kier molecular flexibility index (Phi) is 3.71. The van der Waals surface area contributed by atoms with E-state index in [0.717, 1.165) is 26.3 Å². The van der Waals surface area contributed by atoms with Crippen LogP contribution in [0.4, 0.5) is 5.00 Å². The van der Waals surface area contributed by atoms with E-state index in [2.05, 4.69) is 40.1 Å². The van der Waals surface area contributed by atoms with Crippen molar-refractivity contribution < 1.29 is 4.79 Å². The number of nitrogens with zero attached hydrogens (tertiary/aromatic N) is 1. The molecular weight excluding hydrogens is 348 g/mol. The van der Waals surface area contributed by atoms with Crippen molar-refractivity contribution in [2.45, 2.75) is 26.8 Å². The van der Waals surface area contributed by atoms with Gasteiger partial charge < -0.3 is 5.32 Å². The predicted octanol–water partition coefficient (Wildman–Crippen LogP) is 4.31. The fourth-order valence-corrected chi connectivity index (χ4v) is 3.69. The number of anilines is 1. The summed E-state index contributed by atoms with van der Waals surface area (Å²) in [6, 6.07) is 7.67. The van der Waals surface area contributed by atoms with E-state index < -0.39 is 0 Å². The number of hydrogen-bond donors (Lipinski definition) is 1. The molecule has 1 aliphatic rings. The highest BCUT2D eigenvalue weighted by molar-refractivity contribution is 9.10. The second kappa shape index (κ2) is 5.39. The van der Waals surface area contributed by atoms with Crippen molar-refractivity contribution in [1.82, 2.24) is 0 Å². The third kappa shape index (κ3) is 2.56. The molecular formula is C16H15BrN2OS.